The minimum atomic E-state index is 0.226. The van der Waals surface area contributed by atoms with E-state index in [0.717, 1.165) is 5.75 Å². The molecule has 1 aliphatic carbocycles. The fourth-order valence-corrected chi connectivity index (χ4v) is 5.23. The van der Waals surface area contributed by atoms with Gasteiger partial charge >= 0.3 is 136 Å². The molecule has 1 aromatic rings. The van der Waals surface area contributed by atoms with Crippen molar-refractivity contribution in [3.8, 4) is 5.75 Å². The van der Waals surface area contributed by atoms with Crippen molar-refractivity contribution in [3.63, 3.8) is 0 Å². The molecule has 0 saturated heterocycles. The van der Waals surface area contributed by atoms with Crippen LogP contribution >= 0.6 is 0 Å². The molecule has 0 bridgehead atoms. The zero-order chi connectivity index (χ0) is 15.0. The molecule has 0 unspecified atom stereocenters. The molecular weight excluding hydrogens is 382 g/mol. The van der Waals surface area contributed by atoms with Gasteiger partial charge in [-0.15, -0.1) is 0 Å². The van der Waals surface area contributed by atoms with Crippen LogP contribution in [0.4, 0.5) is 0 Å². The molecule has 0 fully saturated rings. The van der Waals surface area contributed by atoms with Gasteiger partial charge in [0.1, 0.15) is 0 Å². The van der Waals surface area contributed by atoms with Crippen LogP contribution in [-0.4, -0.2) is 41.2 Å². The Kier molecular flexibility index (Phi) is 4.94. The number of rotatable bonds is 4. The molecule has 0 saturated carbocycles. The Hall–Kier alpha value is 0.0190. The van der Waals surface area contributed by atoms with Crippen molar-refractivity contribution in [2.24, 2.45) is 0 Å². The number of benzene rings is 1. The first-order valence-electron chi connectivity index (χ1n) is 6.94. The number of hydrogen-bond acceptors (Lipinski definition) is 2. The van der Waals surface area contributed by atoms with Gasteiger partial charge in [0.2, 0.25) is 0 Å². The number of hydrogen-bond donors (Lipinski definition) is 0. The first-order chi connectivity index (χ1) is 9.31. The summed E-state index contributed by atoms with van der Waals surface area (Å²) in [5.41, 5.74) is 3.43. The Balaban J connectivity index is 2.55. The molecule has 0 amide bonds. The first-order valence-corrected chi connectivity index (χ1v) is 12.5. The second kappa shape index (κ2) is 6.02. The Morgan fingerprint density at radius 3 is 2.15 bits per heavy atom. The van der Waals surface area contributed by atoms with Crippen molar-refractivity contribution in [2.75, 3.05) is 13.9 Å². The average molecular weight is 406 g/mol. The number of ether oxygens (including phenoxy) is 2. The average Bonchev–Trinajstić information content (AvgIpc) is 2.41. The molecule has 4 heteroatoms. The summed E-state index contributed by atoms with van der Waals surface area (Å²) in [6.45, 7) is 9.72. The van der Waals surface area contributed by atoms with Gasteiger partial charge in [0.15, 0.2) is 0 Å². The number of fused-ring (bicyclic) bond motifs is 1. The van der Waals surface area contributed by atoms with Crippen LogP contribution in [0.25, 0.3) is 0 Å². The standard InChI is InChI=1S/C16H24O2Se2/c1-15(2)6-7-16(3,4)12-9-14(20-19)13(8-11(12)15)18-10-17-5/h8-9,19H,6-7,10H2,1-5H3. The molecule has 0 radical (unpaired) electrons. The predicted octanol–water partition coefficient (Wildman–Crippen LogP) is 2.16. The van der Waals surface area contributed by atoms with E-state index in [9.17, 15) is 0 Å². The molecule has 1 aromatic carbocycles. The van der Waals surface area contributed by atoms with Crippen molar-refractivity contribution in [2.45, 2.75) is 51.4 Å². The molecular formula is C16H24O2Se2. The molecule has 1 aliphatic rings. The van der Waals surface area contributed by atoms with Gasteiger partial charge in [-0.1, -0.05) is 0 Å². The summed E-state index contributed by atoms with van der Waals surface area (Å²) in [5.74, 6) is 0.997. The van der Waals surface area contributed by atoms with Crippen molar-refractivity contribution in [1.82, 2.24) is 0 Å². The Labute approximate surface area is 135 Å². The van der Waals surface area contributed by atoms with Crippen molar-refractivity contribution in [3.05, 3.63) is 23.3 Å². The van der Waals surface area contributed by atoms with E-state index < -0.39 is 0 Å². The van der Waals surface area contributed by atoms with Crippen LogP contribution in [0.3, 0.4) is 0 Å². The fraction of sp³-hybridized carbons (Fsp3) is 0.625. The summed E-state index contributed by atoms with van der Waals surface area (Å²) in [6.07, 6.45) is 2.47. The van der Waals surface area contributed by atoms with Crippen LogP contribution in [0, 0.1) is 0 Å². The maximum atomic E-state index is 5.79. The zero-order valence-electron chi connectivity index (χ0n) is 12.9. The van der Waals surface area contributed by atoms with E-state index in [0.29, 0.717) is 19.9 Å². The quantitative estimate of drug-likeness (QED) is 0.564. The third kappa shape index (κ3) is 3.10. The Morgan fingerprint density at radius 1 is 1.10 bits per heavy atom. The number of methoxy groups -OCH3 is 1. The fourth-order valence-electron chi connectivity index (χ4n) is 2.88. The molecule has 0 atom stereocenters. The molecule has 0 aliphatic heterocycles. The molecule has 0 aromatic heterocycles. The summed E-state index contributed by atoms with van der Waals surface area (Å²) in [7, 11) is 1.66. The topological polar surface area (TPSA) is 18.5 Å². The van der Waals surface area contributed by atoms with Gasteiger partial charge in [-0.3, -0.25) is 0 Å². The van der Waals surface area contributed by atoms with E-state index in [1.54, 1.807) is 7.11 Å². The van der Waals surface area contributed by atoms with Crippen molar-refractivity contribution < 1.29 is 9.47 Å². The van der Waals surface area contributed by atoms with Gasteiger partial charge in [-0.05, 0) is 0 Å². The molecule has 0 spiro atoms. The van der Waals surface area contributed by atoms with Crippen molar-refractivity contribution >= 4 is 31.8 Å². The monoisotopic (exact) mass is 408 g/mol. The van der Waals surface area contributed by atoms with E-state index in [2.05, 4.69) is 54.0 Å². The van der Waals surface area contributed by atoms with E-state index in [4.69, 9.17) is 9.47 Å². The summed E-state index contributed by atoms with van der Waals surface area (Å²) in [5, 5.41) is 0. The van der Waals surface area contributed by atoms with E-state index in [1.165, 1.54) is 28.4 Å². The molecule has 2 nitrogen and oxygen atoms in total. The van der Waals surface area contributed by atoms with Gasteiger partial charge in [-0.25, -0.2) is 0 Å². The van der Waals surface area contributed by atoms with E-state index in [1.807, 2.05) is 0 Å². The van der Waals surface area contributed by atoms with Crippen LogP contribution in [0.2, 0.25) is 0 Å². The summed E-state index contributed by atoms with van der Waals surface area (Å²) in [4.78, 5) is 0. The van der Waals surface area contributed by atoms with Crippen molar-refractivity contribution in [1.29, 1.82) is 0 Å². The normalized spacial score (nSPS) is 19.5. The van der Waals surface area contributed by atoms with Gasteiger partial charge in [0.05, 0.1) is 0 Å². The molecule has 0 N–H and O–H groups in total. The second-order valence-corrected chi connectivity index (χ2v) is 10.1. The SMILES string of the molecule is COCOc1cc2c(cc1[Se][SeH])C(C)(C)CCC2(C)C. The first kappa shape index (κ1) is 16.4. The molecule has 20 heavy (non-hydrogen) atoms. The third-order valence-corrected chi connectivity index (χ3v) is 7.57. The van der Waals surface area contributed by atoms with Gasteiger partial charge in [-0.2, -0.15) is 0 Å². The van der Waals surface area contributed by atoms with E-state index >= 15 is 0 Å². The zero-order valence-corrected chi connectivity index (χ0v) is 16.5. The van der Waals surface area contributed by atoms with E-state index in [-0.39, 0.29) is 10.8 Å². The second-order valence-electron chi connectivity index (χ2n) is 6.75. The van der Waals surface area contributed by atoms with Crippen LogP contribution in [0.15, 0.2) is 12.1 Å². The van der Waals surface area contributed by atoms with Crippen LogP contribution in [0.5, 0.6) is 5.75 Å². The summed E-state index contributed by atoms with van der Waals surface area (Å²) < 4.78 is 12.2. The van der Waals surface area contributed by atoms with Gasteiger partial charge in [0, 0.05) is 0 Å². The molecule has 0 heterocycles. The Morgan fingerprint density at radius 2 is 1.65 bits per heavy atom. The van der Waals surface area contributed by atoms with Crippen LogP contribution in [0.1, 0.15) is 51.7 Å². The third-order valence-electron chi connectivity index (χ3n) is 4.35. The Bertz CT molecular complexity index is 495. The molecule has 2 rings (SSSR count). The molecule has 112 valence electrons. The van der Waals surface area contributed by atoms with Crippen LogP contribution < -0.4 is 9.20 Å². The van der Waals surface area contributed by atoms with Gasteiger partial charge in [0.25, 0.3) is 0 Å². The summed E-state index contributed by atoms with van der Waals surface area (Å²) >= 11 is 3.07. The van der Waals surface area contributed by atoms with Crippen LogP contribution in [-0.2, 0) is 15.6 Å². The predicted molar refractivity (Wildman–Crippen MR) is 86.8 cm³/mol. The van der Waals surface area contributed by atoms with Gasteiger partial charge < -0.3 is 0 Å². The summed E-state index contributed by atoms with van der Waals surface area (Å²) in [6, 6.07) is 4.64. The maximum absolute atomic E-state index is 5.79. The minimum absolute atomic E-state index is 0.226.